The molecular formula is C22H20N2O3. The zero-order valence-corrected chi connectivity index (χ0v) is 15.3. The van der Waals surface area contributed by atoms with Crippen molar-refractivity contribution in [3.8, 4) is 28.0 Å². The van der Waals surface area contributed by atoms with Crippen LogP contribution >= 0.6 is 0 Å². The van der Waals surface area contributed by atoms with Gasteiger partial charge in [0.05, 0.1) is 13.2 Å². The van der Waals surface area contributed by atoms with Gasteiger partial charge in [-0.2, -0.15) is 0 Å². The molecule has 0 spiro atoms. The van der Waals surface area contributed by atoms with Gasteiger partial charge in [0.25, 0.3) is 0 Å². The van der Waals surface area contributed by atoms with Crippen LogP contribution in [0, 0.1) is 6.57 Å². The molecule has 5 nitrogen and oxygen atoms in total. The van der Waals surface area contributed by atoms with Crippen molar-refractivity contribution in [2.24, 2.45) is 7.05 Å². The minimum absolute atomic E-state index is 0.112. The van der Waals surface area contributed by atoms with Gasteiger partial charge in [0.15, 0.2) is 0 Å². The van der Waals surface area contributed by atoms with E-state index in [1.807, 2.05) is 48.5 Å². The van der Waals surface area contributed by atoms with Gasteiger partial charge in [-0.05, 0) is 23.6 Å². The van der Waals surface area contributed by atoms with Crippen molar-refractivity contribution in [1.29, 1.82) is 0 Å². The summed E-state index contributed by atoms with van der Waals surface area (Å²) in [6, 6.07) is 15.4. The number of carboxylic acid groups (broad SMARTS) is 1. The third-order valence-electron chi connectivity index (χ3n) is 4.32. The minimum atomic E-state index is -1.05. The second-order valence-electron chi connectivity index (χ2n) is 6.19. The maximum absolute atomic E-state index is 11.6. The Morgan fingerprint density at radius 2 is 1.81 bits per heavy atom. The van der Waals surface area contributed by atoms with Crippen LogP contribution in [0.2, 0.25) is 0 Å². The molecule has 0 fully saturated rings. The number of carbonyl (C=O) groups is 1. The van der Waals surface area contributed by atoms with Gasteiger partial charge in [-0.25, -0.2) is 9.64 Å². The Morgan fingerprint density at radius 1 is 1.15 bits per heavy atom. The number of hydrogen-bond donors (Lipinski definition) is 1. The number of rotatable bonds is 6. The fraction of sp³-hybridized carbons (Fsp3) is 0.182. The van der Waals surface area contributed by atoms with Gasteiger partial charge in [0, 0.05) is 24.4 Å². The molecule has 5 heteroatoms. The van der Waals surface area contributed by atoms with Gasteiger partial charge in [0.2, 0.25) is 5.69 Å². The van der Waals surface area contributed by atoms with Crippen LogP contribution in [0.3, 0.4) is 0 Å². The molecule has 0 saturated carbocycles. The molecule has 3 aromatic rings. The maximum atomic E-state index is 11.6. The van der Waals surface area contributed by atoms with Crippen LogP contribution in [0.4, 0.5) is 5.69 Å². The normalized spacial score (nSPS) is 10.4. The number of nitrogens with zero attached hydrogens (tertiary/aromatic N) is 2. The van der Waals surface area contributed by atoms with Gasteiger partial charge in [-0.15, -0.1) is 0 Å². The smallest absolute Gasteiger partial charge is 0.351 e. The summed E-state index contributed by atoms with van der Waals surface area (Å²) >= 11 is 0. The molecule has 136 valence electrons. The average Bonchev–Trinajstić information content (AvgIpc) is 3.03. The second kappa shape index (κ2) is 7.79. The molecule has 3 rings (SSSR count). The molecule has 0 unspecified atom stereocenters. The van der Waals surface area contributed by atoms with Gasteiger partial charge < -0.3 is 14.4 Å². The Morgan fingerprint density at radius 3 is 2.44 bits per heavy atom. The van der Waals surface area contributed by atoms with E-state index in [1.54, 1.807) is 13.2 Å². The zero-order chi connectivity index (χ0) is 19.4. The Kier molecular flexibility index (Phi) is 5.28. The van der Waals surface area contributed by atoms with Crippen LogP contribution in [0.25, 0.3) is 27.1 Å². The lowest BCUT2D eigenvalue weighted by Crippen LogP contribution is -2.05. The number of para-hydroxylation sites is 1. The summed E-state index contributed by atoms with van der Waals surface area (Å²) in [5, 5.41) is 9.53. The zero-order valence-electron chi connectivity index (χ0n) is 15.3. The van der Waals surface area contributed by atoms with Crippen molar-refractivity contribution in [1.82, 2.24) is 4.57 Å². The third-order valence-corrected chi connectivity index (χ3v) is 4.32. The van der Waals surface area contributed by atoms with Crippen molar-refractivity contribution < 1.29 is 14.6 Å². The van der Waals surface area contributed by atoms with E-state index in [9.17, 15) is 9.90 Å². The molecule has 2 aromatic carbocycles. The van der Waals surface area contributed by atoms with Gasteiger partial charge in [-0.3, -0.25) is 0 Å². The van der Waals surface area contributed by atoms with E-state index >= 15 is 0 Å². The predicted octanol–water partition coefficient (Wildman–Crippen LogP) is 5.40. The van der Waals surface area contributed by atoms with Crippen LogP contribution < -0.4 is 4.74 Å². The number of aromatic nitrogens is 1. The maximum Gasteiger partial charge on any atom is 0.351 e. The first-order valence-electron chi connectivity index (χ1n) is 8.69. The lowest BCUT2D eigenvalue weighted by molar-refractivity contribution is 0.0687. The summed E-state index contributed by atoms with van der Waals surface area (Å²) in [6.45, 7) is 10.1. The number of carboxylic acids is 1. The van der Waals surface area contributed by atoms with E-state index in [2.05, 4.69) is 11.8 Å². The highest BCUT2D eigenvalue weighted by atomic mass is 16.5. The quantitative estimate of drug-likeness (QED) is 0.599. The molecule has 0 amide bonds. The van der Waals surface area contributed by atoms with Crippen LogP contribution in [0.1, 0.15) is 23.8 Å². The van der Waals surface area contributed by atoms with E-state index in [4.69, 9.17) is 11.3 Å². The van der Waals surface area contributed by atoms with E-state index in [0.29, 0.717) is 23.4 Å². The molecule has 1 N–H and O–H groups in total. The van der Waals surface area contributed by atoms with Crippen molar-refractivity contribution in [2.45, 2.75) is 13.3 Å². The highest BCUT2D eigenvalue weighted by Gasteiger charge is 2.21. The first kappa shape index (κ1) is 18.3. The SMILES string of the molecule is [C-]#[N+]c1cn(C)c(C(=O)O)c1-c1ccc(-c2ccccc2OCCC)cc1. The van der Waals surface area contributed by atoms with Crippen LogP contribution in [-0.4, -0.2) is 22.2 Å². The summed E-state index contributed by atoms with van der Waals surface area (Å²) in [4.78, 5) is 15.1. The fourth-order valence-corrected chi connectivity index (χ4v) is 3.10. The molecule has 0 aliphatic rings. The van der Waals surface area contributed by atoms with E-state index in [1.165, 1.54) is 4.57 Å². The van der Waals surface area contributed by atoms with E-state index < -0.39 is 5.97 Å². The first-order chi connectivity index (χ1) is 13.1. The molecule has 1 aromatic heterocycles. The predicted molar refractivity (Wildman–Crippen MR) is 105 cm³/mol. The van der Waals surface area contributed by atoms with Crippen molar-refractivity contribution in [3.63, 3.8) is 0 Å². The molecule has 27 heavy (non-hydrogen) atoms. The second-order valence-corrected chi connectivity index (χ2v) is 6.19. The molecule has 0 aliphatic carbocycles. The Balaban J connectivity index is 2.04. The van der Waals surface area contributed by atoms with Crippen molar-refractivity contribution in [2.75, 3.05) is 6.61 Å². The summed E-state index contributed by atoms with van der Waals surface area (Å²) in [6.07, 6.45) is 2.48. The number of ether oxygens (including phenoxy) is 1. The highest BCUT2D eigenvalue weighted by molar-refractivity contribution is 5.99. The summed E-state index contributed by atoms with van der Waals surface area (Å²) in [5.41, 5.74) is 3.54. The number of benzene rings is 2. The van der Waals surface area contributed by atoms with Crippen LogP contribution in [0.15, 0.2) is 54.7 Å². The molecule has 1 heterocycles. The summed E-state index contributed by atoms with van der Waals surface area (Å²) in [5.74, 6) is -0.232. The minimum Gasteiger partial charge on any atom is -0.493 e. The Bertz CT molecular complexity index is 1010. The molecule has 0 bridgehead atoms. The first-order valence-corrected chi connectivity index (χ1v) is 8.69. The topological polar surface area (TPSA) is 55.8 Å². The standard InChI is InChI=1S/C22H20N2O3/c1-4-13-27-19-8-6-5-7-17(19)15-9-11-16(12-10-15)20-18(23-2)14-24(3)21(20)22(25)26/h5-12,14H,4,13H2,1,3H3,(H,25,26). The summed E-state index contributed by atoms with van der Waals surface area (Å²) < 4.78 is 7.30. The third kappa shape index (κ3) is 3.56. The Hall–Kier alpha value is -3.52. The fourth-order valence-electron chi connectivity index (χ4n) is 3.10. The van der Waals surface area contributed by atoms with E-state index in [-0.39, 0.29) is 5.69 Å². The van der Waals surface area contributed by atoms with E-state index in [0.717, 1.165) is 23.3 Å². The van der Waals surface area contributed by atoms with Crippen LogP contribution in [0.5, 0.6) is 5.75 Å². The lowest BCUT2D eigenvalue weighted by Gasteiger charge is -2.12. The molecule has 0 saturated heterocycles. The van der Waals surface area contributed by atoms with Gasteiger partial charge >= 0.3 is 5.97 Å². The van der Waals surface area contributed by atoms with Gasteiger partial charge in [-0.1, -0.05) is 49.4 Å². The highest BCUT2D eigenvalue weighted by Crippen LogP contribution is 2.37. The number of hydrogen-bond acceptors (Lipinski definition) is 2. The van der Waals surface area contributed by atoms with Crippen molar-refractivity contribution >= 4 is 11.7 Å². The lowest BCUT2D eigenvalue weighted by atomic mass is 9.99. The molecular weight excluding hydrogens is 340 g/mol. The number of aryl methyl sites for hydroxylation is 1. The monoisotopic (exact) mass is 360 g/mol. The molecule has 0 atom stereocenters. The molecule has 0 radical (unpaired) electrons. The summed E-state index contributed by atoms with van der Waals surface area (Å²) in [7, 11) is 1.64. The molecule has 0 aliphatic heterocycles. The Labute approximate surface area is 158 Å². The van der Waals surface area contributed by atoms with Crippen LogP contribution in [-0.2, 0) is 7.05 Å². The van der Waals surface area contributed by atoms with Crippen molar-refractivity contribution in [3.05, 3.63) is 71.8 Å². The number of aromatic carboxylic acids is 1. The largest absolute Gasteiger partial charge is 0.493 e. The van der Waals surface area contributed by atoms with Gasteiger partial charge in [0.1, 0.15) is 11.4 Å². The average molecular weight is 360 g/mol.